The number of aryl methyl sites for hydroxylation is 2. The Bertz CT molecular complexity index is 710. The molecule has 1 aromatic heterocycles. The van der Waals surface area contributed by atoms with Crippen LogP contribution in [0, 0.1) is 0 Å². The van der Waals surface area contributed by atoms with Crippen molar-refractivity contribution in [1.82, 2.24) is 14.9 Å². The van der Waals surface area contributed by atoms with Crippen LogP contribution in [0.25, 0.3) is 0 Å². The monoisotopic (exact) mass is 353 g/mol. The normalized spacial score (nSPS) is 12.8. The molecule has 0 aliphatic carbocycles. The van der Waals surface area contributed by atoms with Gasteiger partial charge in [0.15, 0.2) is 0 Å². The summed E-state index contributed by atoms with van der Waals surface area (Å²) in [6, 6.07) is 4.73. The number of rotatable bonds is 7. The maximum atomic E-state index is 12.9. The van der Waals surface area contributed by atoms with E-state index in [1.807, 2.05) is 18.5 Å². The van der Waals surface area contributed by atoms with Crippen molar-refractivity contribution in [3.63, 3.8) is 0 Å². The summed E-state index contributed by atoms with van der Waals surface area (Å²) < 4.78 is 40.5. The highest BCUT2D eigenvalue weighted by molar-refractivity contribution is 5.76. The van der Waals surface area contributed by atoms with Gasteiger partial charge in [-0.3, -0.25) is 4.79 Å². The van der Waals surface area contributed by atoms with Gasteiger partial charge < -0.3 is 9.88 Å². The van der Waals surface area contributed by atoms with Crippen molar-refractivity contribution in [2.24, 2.45) is 7.05 Å². The third-order valence-corrected chi connectivity index (χ3v) is 4.05. The predicted molar refractivity (Wildman–Crippen MR) is 88.8 cm³/mol. The van der Waals surface area contributed by atoms with Gasteiger partial charge in [-0.25, -0.2) is 4.98 Å². The Hall–Kier alpha value is -2.31. The average Bonchev–Trinajstić information content (AvgIpc) is 2.97. The van der Waals surface area contributed by atoms with Gasteiger partial charge in [-0.1, -0.05) is 25.5 Å². The number of nitrogens with one attached hydrogen (secondary N) is 1. The van der Waals surface area contributed by atoms with Gasteiger partial charge in [0.25, 0.3) is 0 Å². The summed E-state index contributed by atoms with van der Waals surface area (Å²) >= 11 is 0. The molecule has 0 saturated carbocycles. The van der Waals surface area contributed by atoms with Crippen molar-refractivity contribution < 1.29 is 18.0 Å². The zero-order valence-corrected chi connectivity index (χ0v) is 14.3. The van der Waals surface area contributed by atoms with Crippen molar-refractivity contribution in [3.8, 4) is 0 Å². The number of carbonyl (C=O) groups excluding carboxylic acids is 1. The minimum Gasteiger partial charge on any atom is -0.349 e. The van der Waals surface area contributed by atoms with Gasteiger partial charge in [0.1, 0.15) is 0 Å². The summed E-state index contributed by atoms with van der Waals surface area (Å²) in [5.41, 5.74) is 0.710. The van der Waals surface area contributed by atoms with Gasteiger partial charge in [0.05, 0.1) is 17.9 Å². The fourth-order valence-corrected chi connectivity index (χ4v) is 2.68. The molecule has 1 aromatic carbocycles. The Morgan fingerprint density at radius 3 is 2.72 bits per heavy atom. The molecule has 136 valence electrons. The summed E-state index contributed by atoms with van der Waals surface area (Å²) in [7, 11) is 1.85. The fraction of sp³-hybridized carbons (Fsp3) is 0.444. The van der Waals surface area contributed by atoms with Gasteiger partial charge in [-0.05, 0) is 30.5 Å². The minimum absolute atomic E-state index is 0.183. The van der Waals surface area contributed by atoms with Gasteiger partial charge in [0, 0.05) is 25.4 Å². The van der Waals surface area contributed by atoms with E-state index in [0.29, 0.717) is 18.4 Å². The van der Waals surface area contributed by atoms with Crippen molar-refractivity contribution in [1.29, 1.82) is 0 Å². The van der Waals surface area contributed by atoms with Crippen LogP contribution in [0.3, 0.4) is 0 Å². The predicted octanol–water partition coefficient (Wildman–Crippen LogP) is 4.03. The zero-order chi connectivity index (χ0) is 18.4. The lowest BCUT2D eigenvalue weighted by molar-refractivity contribution is -0.137. The fourth-order valence-electron chi connectivity index (χ4n) is 2.68. The van der Waals surface area contributed by atoms with E-state index in [1.54, 1.807) is 18.6 Å². The van der Waals surface area contributed by atoms with E-state index in [-0.39, 0.29) is 12.3 Å². The second kappa shape index (κ2) is 8.18. The third-order valence-electron chi connectivity index (χ3n) is 4.05. The zero-order valence-electron chi connectivity index (χ0n) is 14.3. The third kappa shape index (κ3) is 5.34. The van der Waals surface area contributed by atoms with E-state index in [0.717, 1.165) is 24.2 Å². The highest BCUT2D eigenvalue weighted by Crippen LogP contribution is 2.31. The van der Waals surface area contributed by atoms with E-state index in [4.69, 9.17) is 0 Å². The molecular formula is C18H22F3N3O. The van der Waals surface area contributed by atoms with Crippen molar-refractivity contribution in [3.05, 3.63) is 53.6 Å². The van der Waals surface area contributed by atoms with E-state index in [1.165, 1.54) is 6.07 Å². The Labute approximate surface area is 145 Å². The summed E-state index contributed by atoms with van der Waals surface area (Å²) in [5, 5.41) is 2.86. The molecule has 1 amide bonds. The summed E-state index contributed by atoms with van der Waals surface area (Å²) in [6.07, 6.45) is 1.10. The molecule has 0 saturated heterocycles. The minimum atomic E-state index is -4.39. The molecule has 1 N–H and O–H groups in total. The van der Waals surface area contributed by atoms with Crippen molar-refractivity contribution in [2.45, 2.75) is 44.8 Å². The molecule has 7 heteroatoms. The highest BCUT2D eigenvalue weighted by atomic mass is 19.4. The van der Waals surface area contributed by atoms with Crippen LogP contribution < -0.4 is 5.32 Å². The number of amides is 1. The molecule has 1 atom stereocenters. The van der Waals surface area contributed by atoms with Crippen LogP contribution in [0.2, 0.25) is 0 Å². The first kappa shape index (κ1) is 19.0. The molecule has 2 rings (SSSR count). The van der Waals surface area contributed by atoms with Crippen LogP contribution in [0.1, 0.15) is 49.0 Å². The molecule has 0 spiro atoms. The van der Waals surface area contributed by atoms with E-state index in [9.17, 15) is 18.0 Å². The lowest BCUT2D eigenvalue weighted by Crippen LogP contribution is -2.29. The molecule has 1 heterocycles. The molecule has 25 heavy (non-hydrogen) atoms. The van der Waals surface area contributed by atoms with Crippen molar-refractivity contribution in [2.75, 3.05) is 0 Å². The van der Waals surface area contributed by atoms with Crippen LogP contribution >= 0.6 is 0 Å². The van der Waals surface area contributed by atoms with Gasteiger partial charge in [-0.15, -0.1) is 0 Å². The largest absolute Gasteiger partial charge is 0.416 e. The quantitative estimate of drug-likeness (QED) is 0.817. The molecule has 0 aliphatic heterocycles. The van der Waals surface area contributed by atoms with Crippen LogP contribution in [0.5, 0.6) is 0 Å². The standard InChI is InChI=1S/C18H22F3N3O/c1-3-5-16(13-6-4-7-14(10-13)18(19,20)21)23-17(25)9-8-15-11-22-12-24(15)2/h4,6-7,10-12,16H,3,5,8-9H2,1-2H3,(H,23,25)/t16-/m1/s1. The molecular weight excluding hydrogens is 331 g/mol. The Kier molecular flexibility index (Phi) is 6.22. The average molecular weight is 353 g/mol. The lowest BCUT2D eigenvalue weighted by Gasteiger charge is -2.20. The number of aromatic nitrogens is 2. The van der Waals surface area contributed by atoms with Gasteiger partial charge in [0.2, 0.25) is 5.91 Å². The number of benzene rings is 1. The molecule has 0 aliphatic rings. The maximum Gasteiger partial charge on any atom is 0.416 e. The number of hydrogen-bond donors (Lipinski definition) is 1. The van der Waals surface area contributed by atoms with Crippen LogP contribution in [-0.4, -0.2) is 15.5 Å². The van der Waals surface area contributed by atoms with E-state index in [2.05, 4.69) is 10.3 Å². The number of imidazole rings is 1. The molecule has 0 bridgehead atoms. The highest BCUT2D eigenvalue weighted by Gasteiger charge is 2.31. The molecule has 0 radical (unpaired) electrons. The van der Waals surface area contributed by atoms with Crippen LogP contribution in [0.4, 0.5) is 13.2 Å². The SMILES string of the molecule is CCC[C@@H](NC(=O)CCc1cncn1C)c1cccc(C(F)(F)F)c1. The molecule has 4 nitrogen and oxygen atoms in total. The number of hydrogen-bond acceptors (Lipinski definition) is 2. The molecule has 0 unspecified atom stereocenters. The second-order valence-corrected chi connectivity index (χ2v) is 6.03. The van der Waals surface area contributed by atoms with Gasteiger partial charge >= 0.3 is 6.18 Å². The number of carbonyl (C=O) groups is 1. The topological polar surface area (TPSA) is 46.9 Å². The first-order chi connectivity index (χ1) is 11.8. The smallest absolute Gasteiger partial charge is 0.349 e. The lowest BCUT2D eigenvalue weighted by atomic mass is 9.99. The Balaban J connectivity index is 2.05. The number of alkyl halides is 3. The van der Waals surface area contributed by atoms with Crippen LogP contribution in [0.15, 0.2) is 36.8 Å². The first-order valence-electron chi connectivity index (χ1n) is 8.23. The maximum absolute atomic E-state index is 12.9. The first-order valence-corrected chi connectivity index (χ1v) is 8.23. The molecule has 0 fully saturated rings. The van der Waals surface area contributed by atoms with Crippen LogP contribution in [-0.2, 0) is 24.4 Å². The number of halogens is 3. The second-order valence-electron chi connectivity index (χ2n) is 6.03. The Morgan fingerprint density at radius 2 is 2.12 bits per heavy atom. The summed E-state index contributed by atoms with van der Waals surface area (Å²) in [6.45, 7) is 1.93. The van der Waals surface area contributed by atoms with E-state index >= 15 is 0 Å². The van der Waals surface area contributed by atoms with E-state index < -0.39 is 17.8 Å². The summed E-state index contributed by atoms with van der Waals surface area (Å²) in [4.78, 5) is 16.2. The molecule has 2 aromatic rings. The van der Waals surface area contributed by atoms with Crippen molar-refractivity contribution >= 4 is 5.91 Å². The number of nitrogens with zero attached hydrogens (tertiary/aromatic N) is 2. The summed E-state index contributed by atoms with van der Waals surface area (Å²) in [5.74, 6) is -0.183. The van der Waals surface area contributed by atoms with Gasteiger partial charge in [-0.2, -0.15) is 13.2 Å². The Morgan fingerprint density at radius 1 is 1.36 bits per heavy atom.